The van der Waals surface area contributed by atoms with E-state index < -0.39 is 13.9 Å². The number of hydrogen-bond acceptors (Lipinski definition) is 6. The molecule has 0 aliphatic heterocycles. The van der Waals surface area contributed by atoms with E-state index in [1.165, 1.54) is 83.5 Å². The number of rotatable bonds is 29. The van der Waals surface area contributed by atoms with Crippen LogP contribution in [0.15, 0.2) is 24.5 Å². The second-order valence-corrected chi connectivity index (χ2v) is 12.7. The van der Waals surface area contributed by atoms with Crippen LogP contribution in [-0.2, 0) is 29.6 Å². The van der Waals surface area contributed by atoms with Gasteiger partial charge in [0.1, 0.15) is 12.6 Å². The van der Waals surface area contributed by atoms with Crippen LogP contribution in [0.1, 0.15) is 117 Å². The number of ether oxygens (including phenoxy) is 2. The summed E-state index contributed by atoms with van der Waals surface area (Å²) in [6.07, 6.45) is 23.8. The van der Waals surface area contributed by atoms with Crippen molar-refractivity contribution >= 4 is 13.5 Å². The lowest BCUT2D eigenvalue weighted by atomic mass is 10.0. The van der Waals surface area contributed by atoms with Crippen molar-refractivity contribution in [2.24, 2.45) is 0 Å². The van der Waals surface area contributed by atoms with E-state index in [4.69, 9.17) is 18.5 Å². The molecule has 2 atom stereocenters. The van der Waals surface area contributed by atoms with Crippen LogP contribution >= 0.6 is 7.82 Å². The van der Waals surface area contributed by atoms with Crippen molar-refractivity contribution in [3.8, 4) is 0 Å². The van der Waals surface area contributed by atoms with Crippen molar-refractivity contribution in [2.75, 3.05) is 52.0 Å². The molecule has 0 amide bonds. The van der Waals surface area contributed by atoms with E-state index in [0.717, 1.165) is 25.1 Å². The van der Waals surface area contributed by atoms with Gasteiger partial charge >= 0.3 is 7.82 Å². The van der Waals surface area contributed by atoms with Crippen LogP contribution in [0.2, 0.25) is 0 Å². The number of aromatic nitrogens is 1. The highest BCUT2D eigenvalue weighted by molar-refractivity contribution is 7.47. The Hall–Kier alpha value is -1.02. The van der Waals surface area contributed by atoms with Crippen LogP contribution in [0.25, 0.3) is 0 Å². The molecule has 0 aliphatic rings. The van der Waals surface area contributed by atoms with Crippen molar-refractivity contribution in [2.45, 2.75) is 129 Å². The molecule has 0 aliphatic carbocycles. The summed E-state index contributed by atoms with van der Waals surface area (Å²) in [7, 11) is -0.101. The molecule has 240 valence electrons. The molecule has 1 heterocycles. The summed E-state index contributed by atoms with van der Waals surface area (Å²) in [5, 5.41) is 0. The Morgan fingerprint density at radius 2 is 1.29 bits per heavy atom. The van der Waals surface area contributed by atoms with Gasteiger partial charge in [-0.2, -0.15) is 0 Å². The van der Waals surface area contributed by atoms with E-state index in [-0.39, 0.29) is 13.2 Å². The molecule has 0 saturated heterocycles. The fourth-order valence-corrected chi connectivity index (χ4v) is 5.47. The molecule has 9 heteroatoms. The molecule has 0 fully saturated rings. The quantitative estimate of drug-likeness (QED) is 0.0569. The minimum absolute atomic E-state index is 0.0333. The topological polar surface area (TPSA) is 81.3 Å². The molecule has 1 N–H and O–H groups in total. The summed E-state index contributed by atoms with van der Waals surface area (Å²) in [6.45, 7) is 6.61. The van der Waals surface area contributed by atoms with Gasteiger partial charge in [0.2, 0.25) is 0 Å². The maximum atomic E-state index is 12.3. The van der Waals surface area contributed by atoms with Crippen molar-refractivity contribution in [1.82, 2.24) is 0 Å². The molecule has 0 spiro atoms. The largest absolute Gasteiger partial charge is 0.472 e. The Bertz CT molecular complexity index is 765. The van der Waals surface area contributed by atoms with E-state index in [9.17, 15) is 9.46 Å². The number of aryl methyl sites for hydroxylation is 1. The van der Waals surface area contributed by atoms with Gasteiger partial charge in [-0.3, -0.25) is 9.05 Å². The molecular formula is C32H62N2O6P+. The fourth-order valence-electron chi connectivity index (χ4n) is 4.68. The number of anilines is 1. The van der Waals surface area contributed by atoms with E-state index in [2.05, 4.69) is 28.5 Å². The SMILES string of the molecule is CCCCCCCCCCCCCCCCOCC(COP(=O)(O)OCCCC[n+]1ccc(N(C)C)cc1)OCC. The van der Waals surface area contributed by atoms with E-state index in [0.29, 0.717) is 26.2 Å². The van der Waals surface area contributed by atoms with Gasteiger partial charge in [0.25, 0.3) is 0 Å². The summed E-state index contributed by atoms with van der Waals surface area (Å²) < 4.78 is 36.1. The van der Waals surface area contributed by atoms with Gasteiger partial charge in [0.05, 0.1) is 19.8 Å². The number of nitrogens with zero attached hydrogens (tertiary/aromatic N) is 2. The van der Waals surface area contributed by atoms with Crippen molar-refractivity contribution in [3.05, 3.63) is 24.5 Å². The minimum Gasteiger partial charge on any atom is -0.379 e. The number of phosphoric ester groups is 1. The first-order valence-corrected chi connectivity index (χ1v) is 17.8. The minimum atomic E-state index is -4.12. The van der Waals surface area contributed by atoms with E-state index in [1.54, 1.807) is 0 Å². The van der Waals surface area contributed by atoms with Crippen LogP contribution in [-0.4, -0.2) is 58.1 Å². The molecule has 1 aromatic heterocycles. The predicted molar refractivity (Wildman–Crippen MR) is 168 cm³/mol. The molecular weight excluding hydrogens is 539 g/mol. The first kappa shape index (κ1) is 38.0. The maximum Gasteiger partial charge on any atom is 0.472 e. The second-order valence-electron chi connectivity index (χ2n) is 11.2. The Labute approximate surface area is 251 Å². The summed E-state index contributed by atoms with van der Waals surface area (Å²) in [5.74, 6) is 0. The Morgan fingerprint density at radius 1 is 0.756 bits per heavy atom. The number of unbranched alkanes of at least 4 members (excludes halogenated alkanes) is 14. The van der Waals surface area contributed by atoms with E-state index >= 15 is 0 Å². The molecule has 8 nitrogen and oxygen atoms in total. The Morgan fingerprint density at radius 3 is 1.83 bits per heavy atom. The van der Waals surface area contributed by atoms with Crippen LogP contribution in [0.5, 0.6) is 0 Å². The van der Waals surface area contributed by atoms with Crippen LogP contribution in [0.4, 0.5) is 5.69 Å². The predicted octanol–water partition coefficient (Wildman–Crippen LogP) is 7.86. The molecule has 1 rings (SSSR count). The zero-order valence-corrected chi connectivity index (χ0v) is 27.7. The third-order valence-corrected chi connectivity index (χ3v) is 8.21. The fraction of sp³-hybridized carbons (Fsp3) is 0.844. The van der Waals surface area contributed by atoms with Gasteiger partial charge in [-0.25, -0.2) is 9.13 Å². The van der Waals surface area contributed by atoms with Gasteiger partial charge in [0, 0.05) is 51.6 Å². The Balaban J connectivity index is 2.02. The van der Waals surface area contributed by atoms with Crippen molar-refractivity contribution in [1.29, 1.82) is 0 Å². The summed E-state index contributed by atoms with van der Waals surface area (Å²) in [5.41, 5.74) is 1.15. The Kier molecular flexibility index (Phi) is 23.6. The smallest absolute Gasteiger partial charge is 0.379 e. The van der Waals surface area contributed by atoms with Crippen LogP contribution in [0.3, 0.4) is 0 Å². The zero-order chi connectivity index (χ0) is 30.0. The molecule has 0 radical (unpaired) electrons. The second kappa shape index (κ2) is 25.5. The maximum absolute atomic E-state index is 12.3. The van der Waals surface area contributed by atoms with Crippen molar-refractivity contribution < 1.29 is 32.5 Å². The standard InChI is InChI=1S/C32H61N2O6P/c1-5-7-8-9-10-11-12-13-14-15-16-17-18-20-27-37-29-32(38-6-2)30-40-41(35,36)39-28-21-19-24-34-25-22-31(23-26-34)33(3)4/h22-23,25-26,32H,5-21,24,27-30H2,1-4H3/p+1. The molecule has 41 heavy (non-hydrogen) atoms. The average molecular weight is 602 g/mol. The highest BCUT2D eigenvalue weighted by Gasteiger charge is 2.23. The van der Waals surface area contributed by atoms with Gasteiger partial charge in [-0.05, 0) is 19.8 Å². The highest BCUT2D eigenvalue weighted by Crippen LogP contribution is 2.43. The summed E-state index contributed by atoms with van der Waals surface area (Å²) in [6, 6.07) is 4.12. The average Bonchev–Trinajstić information content (AvgIpc) is 2.95. The van der Waals surface area contributed by atoms with Crippen LogP contribution < -0.4 is 9.47 Å². The summed E-state index contributed by atoms with van der Waals surface area (Å²) in [4.78, 5) is 12.1. The number of phosphoric acid groups is 1. The monoisotopic (exact) mass is 601 g/mol. The molecule has 0 bridgehead atoms. The van der Waals surface area contributed by atoms with Gasteiger partial charge in [-0.15, -0.1) is 0 Å². The molecule has 0 saturated carbocycles. The number of hydrogen-bond donors (Lipinski definition) is 1. The normalized spacial score (nSPS) is 13.8. The third kappa shape index (κ3) is 22.2. The lowest BCUT2D eigenvalue weighted by Gasteiger charge is -2.19. The molecule has 1 aromatic rings. The first-order chi connectivity index (χ1) is 19.9. The molecule has 0 aromatic carbocycles. The lowest BCUT2D eigenvalue weighted by Crippen LogP contribution is -2.33. The zero-order valence-electron chi connectivity index (χ0n) is 26.8. The van der Waals surface area contributed by atoms with Crippen LogP contribution in [0, 0.1) is 0 Å². The lowest BCUT2D eigenvalue weighted by molar-refractivity contribution is -0.697. The van der Waals surface area contributed by atoms with Gasteiger partial charge in [0.15, 0.2) is 12.4 Å². The van der Waals surface area contributed by atoms with E-state index in [1.807, 2.05) is 33.4 Å². The molecule has 2 unspecified atom stereocenters. The highest BCUT2D eigenvalue weighted by atomic mass is 31.2. The number of pyridine rings is 1. The van der Waals surface area contributed by atoms with Gasteiger partial charge < -0.3 is 19.3 Å². The first-order valence-electron chi connectivity index (χ1n) is 16.4. The third-order valence-electron chi connectivity index (χ3n) is 7.23. The van der Waals surface area contributed by atoms with Crippen molar-refractivity contribution in [3.63, 3.8) is 0 Å². The van der Waals surface area contributed by atoms with Gasteiger partial charge in [-0.1, -0.05) is 90.4 Å². The summed E-state index contributed by atoms with van der Waals surface area (Å²) >= 11 is 0.